The molecule has 13 nitrogen and oxygen atoms in total. The monoisotopic (exact) mass is 745 g/mol. The highest BCUT2D eigenvalue weighted by Crippen LogP contribution is 2.29. The SMILES string of the molecule is COC(=O)[C@H](COCc1ccccc1)NC(=O)C1Cc2ccc(OCc3ccccc3)cc2CN1C(=O)[C@H](Cc1cnc[nH]1)NC(=O)OCc1ccccc1. The van der Waals surface area contributed by atoms with Crippen molar-refractivity contribution in [1.82, 2.24) is 25.5 Å². The van der Waals surface area contributed by atoms with Gasteiger partial charge in [0.15, 0.2) is 6.04 Å². The molecule has 0 saturated heterocycles. The Hall–Kier alpha value is -6.47. The molecule has 3 N–H and O–H groups in total. The molecule has 55 heavy (non-hydrogen) atoms. The van der Waals surface area contributed by atoms with Crippen LogP contribution in [0, 0.1) is 0 Å². The fourth-order valence-electron chi connectivity index (χ4n) is 6.23. The number of carbonyl (C=O) groups excluding carboxylic acids is 4. The zero-order valence-corrected chi connectivity index (χ0v) is 30.4. The molecule has 0 fully saturated rings. The number of benzene rings is 4. The van der Waals surface area contributed by atoms with Crippen molar-refractivity contribution in [2.75, 3.05) is 13.7 Å². The molecular formula is C42H43N5O8. The van der Waals surface area contributed by atoms with Gasteiger partial charge in [-0.05, 0) is 39.9 Å². The Morgan fingerprint density at radius 1 is 0.800 bits per heavy atom. The van der Waals surface area contributed by atoms with Crippen LogP contribution >= 0.6 is 0 Å². The van der Waals surface area contributed by atoms with Gasteiger partial charge in [0.1, 0.15) is 31.0 Å². The zero-order valence-electron chi connectivity index (χ0n) is 30.4. The summed E-state index contributed by atoms with van der Waals surface area (Å²) in [6.45, 7) is 0.399. The fraction of sp³-hybridized carbons (Fsp3) is 0.262. The minimum absolute atomic E-state index is 0.00716. The minimum atomic E-state index is -1.15. The predicted octanol–water partition coefficient (Wildman–Crippen LogP) is 4.65. The highest BCUT2D eigenvalue weighted by atomic mass is 16.5. The summed E-state index contributed by atoms with van der Waals surface area (Å²) >= 11 is 0. The Morgan fingerprint density at radius 2 is 1.45 bits per heavy atom. The largest absolute Gasteiger partial charge is 0.489 e. The third-order valence-electron chi connectivity index (χ3n) is 9.12. The Morgan fingerprint density at radius 3 is 2.09 bits per heavy atom. The van der Waals surface area contributed by atoms with Gasteiger partial charge in [-0.3, -0.25) is 9.59 Å². The van der Waals surface area contributed by atoms with Gasteiger partial charge < -0.3 is 39.5 Å². The van der Waals surface area contributed by atoms with E-state index in [4.69, 9.17) is 18.9 Å². The third kappa shape index (κ3) is 10.8. The highest BCUT2D eigenvalue weighted by molar-refractivity contribution is 5.94. The standard InChI is InChI=1S/C42H43N5O8/c1-52-41(50)37(27-53-24-29-11-5-2-6-12-29)45-39(48)38-20-32-17-18-35(54-25-30-13-7-3-8-14-30)19-33(32)23-47(38)40(49)36(21-34-22-43-28-44-34)46-42(51)55-26-31-15-9-4-10-16-31/h2-19,22,28,36-38H,20-21,23-27H2,1H3,(H,43,44)(H,45,48)(H,46,51)/t36-,37-,38?/m0/s1. The lowest BCUT2D eigenvalue weighted by molar-refractivity contribution is -0.149. The molecule has 0 spiro atoms. The van der Waals surface area contributed by atoms with E-state index in [1.165, 1.54) is 18.3 Å². The molecule has 0 aliphatic carbocycles. The molecule has 3 amide bonds. The summed E-state index contributed by atoms with van der Waals surface area (Å²) in [5.41, 5.74) is 4.84. The summed E-state index contributed by atoms with van der Waals surface area (Å²) in [5, 5.41) is 5.48. The molecule has 5 aromatic rings. The van der Waals surface area contributed by atoms with Crippen LogP contribution in [-0.2, 0) is 67.8 Å². The number of rotatable bonds is 16. The maximum Gasteiger partial charge on any atom is 0.408 e. The van der Waals surface area contributed by atoms with Crippen molar-refractivity contribution < 1.29 is 38.1 Å². The molecule has 284 valence electrons. The third-order valence-corrected chi connectivity index (χ3v) is 9.12. The number of fused-ring (bicyclic) bond motifs is 1. The van der Waals surface area contributed by atoms with Gasteiger partial charge in [-0.2, -0.15) is 0 Å². The number of ether oxygens (including phenoxy) is 4. The lowest BCUT2D eigenvalue weighted by Gasteiger charge is -2.38. The lowest BCUT2D eigenvalue weighted by atomic mass is 9.92. The summed E-state index contributed by atoms with van der Waals surface area (Å²) in [4.78, 5) is 63.4. The van der Waals surface area contributed by atoms with Crippen LogP contribution in [0.4, 0.5) is 4.79 Å². The first-order valence-corrected chi connectivity index (χ1v) is 17.9. The van der Waals surface area contributed by atoms with Crippen molar-refractivity contribution >= 4 is 23.9 Å². The Kier molecular flexibility index (Phi) is 13.2. The number of hydrogen-bond donors (Lipinski definition) is 3. The topological polar surface area (TPSA) is 161 Å². The average molecular weight is 746 g/mol. The Bertz CT molecular complexity index is 2010. The van der Waals surface area contributed by atoms with E-state index in [-0.39, 0.29) is 39.2 Å². The molecule has 2 heterocycles. The summed E-state index contributed by atoms with van der Waals surface area (Å²) < 4.78 is 22.4. The van der Waals surface area contributed by atoms with Gasteiger partial charge in [-0.25, -0.2) is 14.6 Å². The molecule has 3 atom stereocenters. The van der Waals surface area contributed by atoms with Crippen molar-refractivity contribution in [3.05, 3.63) is 155 Å². The molecule has 0 radical (unpaired) electrons. The smallest absolute Gasteiger partial charge is 0.408 e. The first kappa shape index (κ1) is 38.3. The second-order valence-electron chi connectivity index (χ2n) is 13.0. The quantitative estimate of drug-likeness (QED) is 0.122. The van der Waals surface area contributed by atoms with Crippen molar-refractivity contribution in [2.45, 2.75) is 57.3 Å². The number of nitrogens with one attached hydrogen (secondary N) is 3. The first-order chi connectivity index (χ1) is 26.9. The van der Waals surface area contributed by atoms with Crippen LogP contribution in [0.25, 0.3) is 0 Å². The number of amides is 3. The van der Waals surface area contributed by atoms with Gasteiger partial charge >= 0.3 is 12.1 Å². The van der Waals surface area contributed by atoms with E-state index in [2.05, 4.69) is 20.6 Å². The molecule has 1 unspecified atom stereocenters. The highest BCUT2D eigenvalue weighted by Gasteiger charge is 2.40. The number of alkyl carbamates (subject to hydrolysis) is 1. The number of imidazole rings is 1. The van der Waals surface area contributed by atoms with Gasteiger partial charge in [0.05, 0.1) is 26.7 Å². The van der Waals surface area contributed by atoms with Crippen molar-refractivity contribution in [1.29, 1.82) is 0 Å². The maximum atomic E-state index is 14.7. The normalized spacial score (nSPS) is 14.5. The van der Waals surface area contributed by atoms with Crippen LogP contribution in [0.1, 0.15) is 33.5 Å². The molecule has 1 aliphatic heterocycles. The second kappa shape index (κ2) is 19.0. The summed E-state index contributed by atoms with van der Waals surface area (Å²) in [6.07, 6.45) is 2.38. The number of methoxy groups -OCH3 is 1. The molecule has 4 aromatic carbocycles. The van der Waals surface area contributed by atoms with Crippen molar-refractivity contribution in [2.24, 2.45) is 0 Å². The molecule has 1 aliphatic rings. The molecule has 0 bridgehead atoms. The van der Waals surface area contributed by atoms with Gasteiger partial charge in [-0.1, -0.05) is 97.1 Å². The van der Waals surface area contributed by atoms with Gasteiger partial charge in [-0.15, -0.1) is 0 Å². The van der Waals surface area contributed by atoms with E-state index < -0.39 is 42.0 Å². The number of aromatic amines is 1. The molecule has 13 heteroatoms. The Labute approximate surface area is 319 Å². The predicted molar refractivity (Wildman–Crippen MR) is 201 cm³/mol. The summed E-state index contributed by atoms with van der Waals surface area (Å²) in [5.74, 6) is -1.23. The number of esters is 1. The van der Waals surface area contributed by atoms with Crippen LogP contribution in [0.15, 0.2) is 122 Å². The van der Waals surface area contributed by atoms with Gasteiger partial charge in [0.2, 0.25) is 11.8 Å². The summed E-state index contributed by atoms with van der Waals surface area (Å²) in [7, 11) is 1.23. The average Bonchev–Trinajstić information content (AvgIpc) is 3.75. The first-order valence-electron chi connectivity index (χ1n) is 17.9. The Balaban J connectivity index is 1.24. The number of nitrogens with zero attached hydrogens (tertiary/aromatic N) is 2. The van der Waals surface area contributed by atoms with Crippen LogP contribution in [-0.4, -0.2) is 70.6 Å². The number of hydrogen-bond acceptors (Lipinski definition) is 9. The maximum absolute atomic E-state index is 14.7. The van der Waals surface area contributed by atoms with Gasteiger partial charge in [0.25, 0.3) is 0 Å². The van der Waals surface area contributed by atoms with E-state index in [1.807, 2.05) is 109 Å². The van der Waals surface area contributed by atoms with E-state index >= 15 is 0 Å². The minimum Gasteiger partial charge on any atom is -0.489 e. The molecule has 6 rings (SSSR count). The lowest BCUT2D eigenvalue weighted by Crippen LogP contribution is -2.60. The van der Waals surface area contributed by atoms with Crippen LogP contribution in [0.5, 0.6) is 5.75 Å². The molecular weight excluding hydrogens is 702 g/mol. The van der Waals surface area contributed by atoms with Crippen molar-refractivity contribution in [3.8, 4) is 5.75 Å². The van der Waals surface area contributed by atoms with Crippen LogP contribution in [0.3, 0.4) is 0 Å². The summed E-state index contributed by atoms with van der Waals surface area (Å²) in [6, 6.07) is 30.5. The number of H-pyrrole nitrogens is 1. The van der Waals surface area contributed by atoms with Crippen LogP contribution < -0.4 is 15.4 Å². The zero-order chi connectivity index (χ0) is 38.4. The number of aromatic nitrogens is 2. The van der Waals surface area contributed by atoms with Crippen molar-refractivity contribution in [3.63, 3.8) is 0 Å². The molecule has 0 saturated carbocycles. The second-order valence-corrected chi connectivity index (χ2v) is 13.0. The van der Waals surface area contributed by atoms with Crippen LogP contribution in [0.2, 0.25) is 0 Å². The number of carbonyl (C=O) groups is 4. The fourth-order valence-corrected chi connectivity index (χ4v) is 6.23. The van der Waals surface area contributed by atoms with E-state index in [0.29, 0.717) is 18.1 Å². The van der Waals surface area contributed by atoms with E-state index in [9.17, 15) is 19.2 Å². The molecule has 1 aromatic heterocycles. The van der Waals surface area contributed by atoms with E-state index in [0.717, 1.165) is 27.8 Å². The van der Waals surface area contributed by atoms with Gasteiger partial charge in [0, 0.05) is 31.3 Å². The van der Waals surface area contributed by atoms with E-state index in [1.54, 1.807) is 6.20 Å².